The molecule has 0 spiro atoms. The van der Waals surface area contributed by atoms with E-state index in [0.29, 0.717) is 6.54 Å². The molecule has 2 heterocycles. The molecule has 0 saturated heterocycles. The van der Waals surface area contributed by atoms with Crippen LogP contribution in [0.5, 0.6) is 0 Å². The van der Waals surface area contributed by atoms with Crippen LogP contribution in [0.25, 0.3) is 27.3 Å². The third-order valence-corrected chi connectivity index (χ3v) is 5.33. The smallest absolute Gasteiger partial charge is 0.286 e. The number of hydrogen-bond donors (Lipinski definition) is 0. The van der Waals surface area contributed by atoms with E-state index in [1.54, 1.807) is 4.57 Å². The van der Waals surface area contributed by atoms with Gasteiger partial charge in [0, 0.05) is 15.2 Å². The minimum Gasteiger partial charge on any atom is -0.286 e. The number of benzene rings is 3. The Kier molecular flexibility index (Phi) is 3.43. The lowest BCUT2D eigenvalue weighted by atomic mass is 10.1. The van der Waals surface area contributed by atoms with Crippen LogP contribution in [0.1, 0.15) is 5.56 Å². The molecule has 0 amide bonds. The maximum Gasteiger partial charge on any atom is 0.350 e. The Morgan fingerprint density at radius 2 is 1.54 bits per heavy atom. The first-order valence-electron chi connectivity index (χ1n) is 8.36. The summed E-state index contributed by atoms with van der Waals surface area (Å²) in [4.78, 5) is 13.3. The van der Waals surface area contributed by atoms with Crippen LogP contribution in [0.3, 0.4) is 0 Å². The fourth-order valence-corrected chi connectivity index (χ4v) is 4.11. The second-order valence-corrected chi connectivity index (χ2v) is 7.12. The summed E-state index contributed by atoms with van der Waals surface area (Å²) in [5.41, 5.74) is 3.50. The second-order valence-electron chi connectivity index (χ2n) is 6.27. The fourth-order valence-electron chi connectivity index (χ4n) is 3.53. The molecule has 0 saturated carbocycles. The van der Waals surface area contributed by atoms with Crippen molar-refractivity contribution in [1.29, 1.82) is 0 Å². The van der Waals surface area contributed by atoms with Crippen LogP contribution < -0.4 is 5.69 Å². The van der Waals surface area contributed by atoms with Crippen LogP contribution in [-0.2, 0) is 6.54 Å². The lowest BCUT2D eigenvalue weighted by molar-refractivity contribution is 0.718. The third kappa shape index (κ3) is 2.21. The minimum absolute atomic E-state index is 0.139. The van der Waals surface area contributed by atoms with Crippen molar-refractivity contribution < 1.29 is 0 Å². The van der Waals surface area contributed by atoms with Gasteiger partial charge in [0.15, 0.2) is 0 Å². The van der Waals surface area contributed by atoms with Gasteiger partial charge < -0.3 is 0 Å². The molecule has 0 N–H and O–H groups in total. The van der Waals surface area contributed by atoms with Crippen molar-refractivity contribution >= 4 is 43.3 Å². The van der Waals surface area contributed by atoms with Crippen molar-refractivity contribution in [2.24, 2.45) is 0 Å². The SMILES string of the molecule is O=c1n(Cc2ccccc2)c2c(Br)cccc2c2c3ccccc3nn12. The van der Waals surface area contributed by atoms with Crippen LogP contribution in [-0.4, -0.2) is 14.2 Å². The Morgan fingerprint density at radius 3 is 2.38 bits per heavy atom. The number of rotatable bonds is 2. The van der Waals surface area contributed by atoms with Gasteiger partial charge in [-0.05, 0) is 33.6 Å². The monoisotopic (exact) mass is 403 g/mol. The molecule has 0 unspecified atom stereocenters. The summed E-state index contributed by atoms with van der Waals surface area (Å²) in [6, 6.07) is 23.9. The fraction of sp³-hybridized carbons (Fsp3) is 0.0476. The summed E-state index contributed by atoms with van der Waals surface area (Å²) in [5, 5.41) is 6.55. The number of nitrogens with zero attached hydrogens (tertiary/aromatic N) is 3. The van der Waals surface area contributed by atoms with Crippen LogP contribution in [0.15, 0.2) is 82.1 Å². The predicted octanol–water partition coefficient (Wildman–Crippen LogP) is 4.61. The quantitative estimate of drug-likeness (QED) is 0.431. The van der Waals surface area contributed by atoms with E-state index < -0.39 is 0 Å². The lowest BCUT2D eigenvalue weighted by Crippen LogP contribution is -2.28. The molecule has 26 heavy (non-hydrogen) atoms. The van der Waals surface area contributed by atoms with Crippen LogP contribution >= 0.6 is 15.9 Å². The molecule has 3 aromatic carbocycles. The van der Waals surface area contributed by atoms with E-state index in [1.165, 1.54) is 4.52 Å². The van der Waals surface area contributed by atoms with Gasteiger partial charge in [0.2, 0.25) is 0 Å². The van der Waals surface area contributed by atoms with Crippen LogP contribution in [0.4, 0.5) is 0 Å². The first-order valence-corrected chi connectivity index (χ1v) is 9.16. The molecule has 5 heteroatoms. The Morgan fingerprint density at radius 1 is 0.808 bits per heavy atom. The highest BCUT2D eigenvalue weighted by atomic mass is 79.9. The summed E-state index contributed by atoms with van der Waals surface area (Å²) in [7, 11) is 0. The number of halogens is 1. The highest BCUT2D eigenvalue weighted by Crippen LogP contribution is 2.30. The van der Waals surface area contributed by atoms with E-state index in [4.69, 9.17) is 0 Å². The minimum atomic E-state index is -0.139. The number of hydrogen-bond acceptors (Lipinski definition) is 2. The van der Waals surface area contributed by atoms with Gasteiger partial charge in [-0.3, -0.25) is 4.57 Å². The predicted molar refractivity (Wildman–Crippen MR) is 108 cm³/mol. The van der Waals surface area contributed by atoms with Crippen molar-refractivity contribution in [2.75, 3.05) is 0 Å². The van der Waals surface area contributed by atoms with Crippen LogP contribution in [0.2, 0.25) is 0 Å². The molecule has 0 aliphatic rings. The first-order chi connectivity index (χ1) is 12.7. The zero-order chi connectivity index (χ0) is 17.7. The van der Waals surface area contributed by atoms with Crippen LogP contribution in [0, 0.1) is 0 Å². The van der Waals surface area contributed by atoms with E-state index >= 15 is 0 Å². The van der Waals surface area contributed by atoms with Gasteiger partial charge in [0.05, 0.1) is 23.1 Å². The normalized spacial score (nSPS) is 11.6. The Labute approximate surface area is 157 Å². The summed E-state index contributed by atoms with van der Waals surface area (Å²) in [5.74, 6) is 0. The molecule has 0 radical (unpaired) electrons. The van der Waals surface area contributed by atoms with Gasteiger partial charge in [-0.15, -0.1) is 0 Å². The van der Waals surface area contributed by atoms with Crippen molar-refractivity contribution in [3.8, 4) is 0 Å². The highest BCUT2D eigenvalue weighted by molar-refractivity contribution is 9.10. The van der Waals surface area contributed by atoms with Gasteiger partial charge in [-0.1, -0.05) is 60.7 Å². The lowest BCUT2D eigenvalue weighted by Gasteiger charge is -2.13. The summed E-state index contributed by atoms with van der Waals surface area (Å²) in [6.45, 7) is 0.491. The molecule has 0 aliphatic carbocycles. The van der Waals surface area contributed by atoms with Gasteiger partial charge >= 0.3 is 5.69 Å². The Hall–Kier alpha value is -2.92. The van der Waals surface area contributed by atoms with Gasteiger partial charge in [0.1, 0.15) is 0 Å². The van der Waals surface area contributed by atoms with E-state index in [9.17, 15) is 4.79 Å². The standard InChI is InChI=1S/C21H14BrN3O/c22-17-11-6-10-16-19-15-9-4-5-12-18(15)23-25(19)21(26)24(20(16)17)13-14-7-2-1-3-8-14/h1-12H,13H2. The third-order valence-electron chi connectivity index (χ3n) is 4.69. The maximum atomic E-state index is 13.3. The largest absolute Gasteiger partial charge is 0.350 e. The van der Waals surface area contributed by atoms with Crippen molar-refractivity contribution in [3.05, 3.63) is 93.3 Å². The zero-order valence-corrected chi connectivity index (χ0v) is 15.3. The van der Waals surface area contributed by atoms with E-state index in [1.807, 2.05) is 72.8 Å². The first kappa shape index (κ1) is 15.3. The zero-order valence-electron chi connectivity index (χ0n) is 13.8. The number of aromatic nitrogens is 3. The molecular formula is C21H14BrN3O. The average molecular weight is 404 g/mol. The average Bonchev–Trinajstić information content (AvgIpc) is 3.06. The Bertz CT molecular complexity index is 1340. The molecule has 0 atom stereocenters. The van der Waals surface area contributed by atoms with E-state index in [2.05, 4.69) is 21.0 Å². The maximum absolute atomic E-state index is 13.3. The van der Waals surface area contributed by atoms with E-state index in [0.717, 1.165) is 37.4 Å². The molecule has 2 aromatic heterocycles. The van der Waals surface area contributed by atoms with E-state index in [-0.39, 0.29) is 5.69 Å². The van der Waals surface area contributed by atoms with Gasteiger partial charge in [-0.2, -0.15) is 9.61 Å². The topological polar surface area (TPSA) is 39.3 Å². The van der Waals surface area contributed by atoms with Gasteiger partial charge in [0.25, 0.3) is 0 Å². The second kappa shape index (κ2) is 5.81. The molecular weight excluding hydrogens is 390 g/mol. The molecule has 0 aliphatic heterocycles. The van der Waals surface area contributed by atoms with Crippen molar-refractivity contribution in [2.45, 2.75) is 6.54 Å². The van der Waals surface area contributed by atoms with Crippen molar-refractivity contribution in [3.63, 3.8) is 0 Å². The number of fused-ring (bicyclic) bond motifs is 5. The summed E-state index contributed by atoms with van der Waals surface area (Å²) >= 11 is 3.64. The summed E-state index contributed by atoms with van der Waals surface area (Å²) in [6.07, 6.45) is 0. The summed E-state index contributed by atoms with van der Waals surface area (Å²) < 4.78 is 4.21. The molecule has 5 rings (SSSR count). The Balaban J connectivity index is 1.96. The van der Waals surface area contributed by atoms with Gasteiger partial charge in [-0.25, -0.2) is 4.79 Å². The molecule has 0 bridgehead atoms. The van der Waals surface area contributed by atoms with Crippen molar-refractivity contribution in [1.82, 2.24) is 14.2 Å². The molecule has 5 aromatic rings. The molecule has 4 nitrogen and oxygen atoms in total. The highest BCUT2D eigenvalue weighted by Gasteiger charge is 2.17. The number of para-hydroxylation sites is 1. The molecule has 0 fully saturated rings. The molecule has 126 valence electrons.